The number of alkyl carbamates (subject to hydrolysis) is 2. The number of nitrogens with one attached hydrogen (secondary N) is 2. The third-order valence-electron chi connectivity index (χ3n) is 14.9. The number of fused-ring (bicyclic) bond motifs is 2. The Bertz CT molecular complexity index is 2480. The highest BCUT2D eigenvalue weighted by Gasteiger charge is 2.52. The van der Waals surface area contributed by atoms with Gasteiger partial charge in [0.2, 0.25) is 11.8 Å². The first-order valence-corrected chi connectivity index (χ1v) is 24.6. The van der Waals surface area contributed by atoms with E-state index in [0.717, 1.165) is 76.4 Å². The Kier molecular flexibility index (Phi) is 14.6. The molecule has 0 radical (unpaired) electrons. The third-order valence-corrected chi connectivity index (χ3v) is 14.9. The molecule has 4 amide bonds. The van der Waals surface area contributed by atoms with Gasteiger partial charge in [0, 0.05) is 57.3 Å². The molecule has 5 heterocycles. The van der Waals surface area contributed by atoms with Crippen molar-refractivity contribution in [3.8, 4) is 0 Å². The highest BCUT2D eigenvalue weighted by molar-refractivity contribution is 6.02. The molecule has 0 saturated carbocycles. The SMILES string of the molecule is COC(=O)N[C@H](C(=O)N1CCC[C@H]1C1=Nc2ccc([C@H]3[C@@H](OC)[C@H](OC)[C@H](c4ccc5c(c4)N=C([C@@H]4CCCN4C(=O)[C@@H](NC(=O)OC)C(C)C)C5)N3c3ccc(C(C)(C)C)cc3)cc2C1)C(C)C. The van der Waals surface area contributed by atoms with Gasteiger partial charge in [-0.25, -0.2) is 9.59 Å². The van der Waals surface area contributed by atoms with E-state index in [9.17, 15) is 19.2 Å². The van der Waals surface area contributed by atoms with Crippen molar-refractivity contribution < 1.29 is 38.1 Å². The molecule has 0 bridgehead atoms. The molecule has 3 fully saturated rings. The topological polar surface area (TPSA) is 164 Å². The van der Waals surface area contributed by atoms with Gasteiger partial charge in [-0.3, -0.25) is 19.6 Å². The fourth-order valence-corrected chi connectivity index (χ4v) is 11.3. The van der Waals surface area contributed by atoms with Gasteiger partial charge in [-0.15, -0.1) is 0 Å². The Balaban J connectivity index is 1.11. The van der Waals surface area contributed by atoms with E-state index in [2.05, 4.69) is 97.0 Å². The summed E-state index contributed by atoms with van der Waals surface area (Å²) in [5.74, 6) is -0.490. The maximum atomic E-state index is 14.0. The first kappa shape index (κ1) is 49.6. The Morgan fingerprint density at radius 2 is 1.10 bits per heavy atom. The zero-order valence-corrected chi connectivity index (χ0v) is 42.2. The minimum Gasteiger partial charge on any atom is -0.453 e. The van der Waals surface area contributed by atoms with Crippen LogP contribution in [0.3, 0.4) is 0 Å². The number of rotatable bonds is 13. The average molecular weight is 946 g/mol. The number of methoxy groups -OCH3 is 4. The van der Waals surface area contributed by atoms with E-state index in [-0.39, 0.29) is 65.4 Å². The van der Waals surface area contributed by atoms with Crippen molar-refractivity contribution in [1.82, 2.24) is 20.4 Å². The van der Waals surface area contributed by atoms with Crippen LogP contribution < -0.4 is 15.5 Å². The van der Waals surface area contributed by atoms with Crippen molar-refractivity contribution in [2.24, 2.45) is 21.8 Å². The lowest BCUT2D eigenvalue weighted by atomic mass is 9.87. The van der Waals surface area contributed by atoms with Crippen LogP contribution in [0.1, 0.15) is 114 Å². The lowest BCUT2D eigenvalue weighted by molar-refractivity contribution is -0.134. The Morgan fingerprint density at radius 1 is 0.623 bits per heavy atom. The van der Waals surface area contributed by atoms with Crippen molar-refractivity contribution >= 4 is 52.5 Å². The maximum absolute atomic E-state index is 14.0. The largest absolute Gasteiger partial charge is 0.453 e. The minimum absolute atomic E-state index is 0.0417. The van der Waals surface area contributed by atoms with Crippen LogP contribution in [0.5, 0.6) is 0 Å². The molecule has 15 heteroatoms. The van der Waals surface area contributed by atoms with Crippen molar-refractivity contribution in [2.45, 2.75) is 141 Å². The van der Waals surface area contributed by atoms with Crippen LogP contribution in [0.15, 0.2) is 70.6 Å². The lowest BCUT2D eigenvalue weighted by Gasteiger charge is -2.34. The number of nitrogens with zero attached hydrogens (tertiary/aromatic N) is 5. The number of anilines is 1. The van der Waals surface area contributed by atoms with Crippen molar-refractivity contribution in [3.63, 3.8) is 0 Å². The molecule has 8 atom stereocenters. The predicted molar refractivity (Wildman–Crippen MR) is 267 cm³/mol. The van der Waals surface area contributed by atoms with Gasteiger partial charge in [-0.2, -0.15) is 0 Å². The van der Waals surface area contributed by atoms with Gasteiger partial charge in [-0.05, 0) is 95.0 Å². The molecule has 0 unspecified atom stereocenters. The van der Waals surface area contributed by atoms with Crippen LogP contribution in [0.2, 0.25) is 0 Å². The molecule has 69 heavy (non-hydrogen) atoms. The predicted octanol–water partition coefficient (Wildman–Crippen LogP) is 8.32. The second-order valence-electron chi connectivity index (χ2n) is 20.9. The number of hydrogen-bond acceptors (Lipinski definition) is 11. The molecule has 370 valence electrons. The summed E-state index contributed by atoms with van der Waals surface area (Å²) in [6.07, 6.45) is 2.54. The van der Waals surface area contributed by atoms with Gasteiger partial charge in [0.25, 0.3) is 0 Å². The van der Waals surface area contributed by atoms with Gasteiger partial charge < -0.3 is 44.3 Å². The van der Waals surface area contributed by atoms with Gasteiger partial charge in [0.1, 0.15) is 24.3 Å². The van der Waals surface area contributed by atoms with Gasteiger partial charge in [0.15, 0.2) is 0 Å². The van der Waals surface area contributed by atoms with Crippen LogP contribution in [0.25, 0.3) is 0 Å². The van der Waals surface area contributed by atoms with Crippen LogP contribution in [0, 0.1) is 11.8 Å². The van der Waals surface area contributed by atoms with E-state index >= 15 is 0 Å². The molecule has 0 aliphatic carbocycles. The number of ether oxygens (including phenoxy) is 4. The van der Waals surface area contributed by atoms with Gasteiger partial charge in [0.05, 0.1) is 49.8 Å². The smallest absolute Gasteiger partial charge is 0.407 e. The average Bonchev–Trinajstić information content (AvgIpc) is 4.19. The van der Waals surface area contributed by atoms with Gasteiger partial charge >= 0.3 is 12.2 Å². The number of carbonyl (C=O) groups is 4. The Morgan fingerprint density at radius 3 is 1.58 bits per heavy atom. The summed E-state index contributed by atoms with van der Waals surface area (Å²) < 4.78 is 22.7. The summed E-state index contributed by atoms with van der Waals surface area (Å²) >= 11 is 0. The zero-order chi connectivity index (χ0) is 49.5. The molecule has 5 aliphatic heterocycles. The van der Waals surface area contributed by atoms with E-state index < -0.39 is 24.3 Å². The first-order chi connectivity index (χ1) is 33.0. The number of aliphatic imine (C=N–C) groups is 2. The first-order valence-electron chi connectivity index (χ1n) is 24.6. The fourth-order valence-electron chi connectivity index (χ4n) is 11.3. The van der Waals surface area contributed by atoms with E-state index in [1.807, 2.05) is 37.5 Å². The quantitative estimate of drug-likeness (QED) is 0.172. The molecule has 5 aliphatic rings. The molecule has 3 aromatic carbocycles. The number of carbonyl (C=O) groups excluding carboxylic acids is 4. The molecular weight excluding hydrogens is 875 g/mol. The molecule has 0 aromatic heterocycles. The maximum Gasteiger partial charge on any atom is 0.407 e. The summed E-state index contributed by atoms with van der Waals surface area (Å²) in [4.78, 5) is 69.2. The van der Waals surface area contributed by atoms with Crippen molar-refractivity contribution in [2.75, 3.05) is 46.4 Å². The van der Waals surface area contributed by atoms with Crippen LogP contribution in [0.4, 0.5) is 26.7 Å². The summed E-state index contributed by atoms with van der Waals surface area (Å²) in [7, 11) is 6.12. The van der Waals surface area contributed by atoms with Crippen molar-refractivity contribution in [3.05, 3.63) is 88.5 Å². The molecule has 0 spiro atoms. The lowest BCUT2D eigenvalue weighted by Crippen LogP contribution is -2.53. The molecule has 15 nitrogen and oxygen atoms in total. The Hall–Kier alpha value is -5.80. The number of amides is 4. The van der Waals surface area contributed by atoms with E-state index in [1.165, 1.54) is 19.8 Å². The third kappa shape index (κ3) is 9.73. The van der Waals surface area contributed by atoms with E-state index in [4.69, 9.17) is 28.9 Å². The summed E-state index contributed by atoms with van der Waals surface area (Å²) in [6.45, 7) is 15.5. The fraction of sp³-hybridized carbons (Fsp3) is 0.556. The number of hydrogen-bond donors (Lipinski definition) is 2. The summed E-state index contributed by atoms with van der Waals surface area (Å²) in [5.41, 5.74) is 10.2. The van der Waals surface area contributed by atoms with Crippen LogP contribution in [-0.2, 0) is 46.8 Å². The molecule has 8 rings (SSSR count). The molecular formula is C54H71N7O8. The van der Waals surface area contributed by atoms with Crippen LogP contribution >= 0.6 is 0 Å². The van der Waals surface area contributed by atoms with Crippen LogP contribution in [-0.4, -0.2) is 123 Å². The Labute approximate surface area is 407 Å². The monoisotopic (exact) mass is 946 g/mol. The second kappa shape index (κ2) is 20.3. The minimum atomic E-state index is -0.707. The van der Waals surface area contributed by atoms with E-state index in [0.29, 0.717) is 25.9 Å². The van der Waals surface area contributed by atoms with Crippen molar-refractivity contribution in [1.29, 1.82) is 0 Å². The molecule has 2 N–H and O–H groups in total. The van der Waals surface area contributed by atoms with Gasteiger partial charge in [-0.1, -0.05) is 84.9 Å². The second-order valence-corrected chi connectivity index (χ2v) is 20.9. The summed E-state index contributed by atoms with van der Waals surface area (Å²) in [5, 5.41) is 5.52. The highest BCUT2D eigenvalue weighted by Crippen LogP contribution is 2.51. The highest BCUT2D eigenvalue weighted by atomic mass is 16.5. The molecule has 3 saturated heterocycles. The number of benzene rings is 3. The molecule has 3 aromatic rings. The van der Waals surface area contributed by atoms with E-state index in [1.54, 1.807) is 14.2 Å². The normalized spacial score (nSPS) is 24.0. The summed E-state index contributed by atoms with van der Waals surface area (Å²) in [6, 6.07) is 19.6. The number of likely N-dealkylation sites (tertiary alicyclic amines) is 2. The standard InChI is InChI=1S/C54H71N7O8/c1-30(2)44(57-52(64)68-10)50(62)59-24-12-14-42(59)40-27-32-16-17-34(28-39(32)56-40)47-49(67-9)48(66-8)46(61(47)37-21-19-36(20-22-37)54(5,6)7)33-18-23-38-35(26-33)29-41(55-38)43-15-13-25-60(43)51(63)45(31(3)4)58-53(65)69-11/h16-23,26,28,30-31,42-49H,12-15,24-25,27,29H2,1-11H3,(H,57,64)(H,58,65)/t42-,43-,44-,45-,46-,47-,48+,49+/m0/s1. The zero-order valence-electron chi connectivity index (χ0n) is 42.2.